The van der Waals surface area contributed by atoms with Gasteiger partial charge in [0.2, 0.25) is 0 Å². The highest BCUT2D eigenvalue weighted by Crippen LogP contribution is 2.32. The van der Waals surface area contributed by atoms with Crippen LogP contribution in [0.5, 0.6) is 0 Å². The van der Waals surface area contributed by atoms with Crippen molar-refractivity contribution in [2.45, 2.75) is 31.8 Å². The van der Waals surface area contributed by atoms with E-state index in [1.165, 1.54) is 5.69 Å². The zero-order chi connectivity index (χ0) is 15.5. The van der Waals surface area contributed by atoms with Gasteiger partial charge in [0.25, 0.3) is 0 Å². The fourth-order valence-electron chi connectivity index (χ4n) is 3.11. The number of urea groups is 1. The number of nitrogens with one attached hydrogen (secondary N) is 1. The molecular weight excluding hydrogens is 276 g/mol. The van der Waals surface area contributed by atoms with Crippen LogP contribution in [0.3, 0.4) is 0 Å². The van der Waals surface area contributed by atoms with E-state index in [4.69, 9.17) is 0 Å². The van der Waals surface area contributed by atoms with Crippen molar-refractivity contribution in [1.29, 1.82) is 0 Å². The summed E-state index contributed by atoms with van der Waals surface area (Å²) in [6, 6.07) is 9.93. The Bertz CT molecular complexity index is 637. The van der Waals surface area contributed by atoms with Crippen LogP contribution in [0, 0.1) is 0 Å². The van der Waals surface area contributed by atoms with Crippen LogP contribution >= 0.6 is 0 Å². The maximum atomic E-state index is 12.6. The van der Waals surface area contributed by atoms with Crippen molar-refractivity contribution in [3.8, 4) is 0 Å². The number of pyridine rings is 1. The molecule has 3 rings (SSSR count). The standard InChI is InChI=1S/C17H22N4O/c1-13(14-7-3-4-10-18-14)19-17(22)21-12-6-9-16(21)15-8-5-11-20(15)2/h3-5,7-8,10-11,13,16H,6,9,12H2,1-2H3,(H,19,22)/t13-,16-/m1/s1. The highest BCUT2D eigenvalue weighted by molar-refractivity contribution is 5.75. The summed E-state index contributed by atoms with van der Waals surface area (Å²) < 4.78 is 2.10. The second-order valence-electron chi connectivity index (χ2n) is 5.82. The zero-order valence-corrected chi connectivity index (χ0v) is 13.1. The van der Waals surface area contributed by atoms with Gasteiger partial charge in [-0.25, -0.2) is 4.79 Å². The number of aryl methyl sites for hydroxylation is 1. The minimum atomic E-state index is -0.0941. The lowest BCUT2D eigenvalue weighted by Crippen LogP contribution is -2.41. The van der Waals surface area contributed by atoms with E-state index in [9.17, 15) is 4.79 Å². The number of carbonyl (C=O) groups excluding carboxylic acids is 1. The smallest absolute Gasteiger partial charge is 0.318 e. The SMILES string of the molecule is C[C@@H](NC(=O)N1CCC[C@@H]1c1cccn1C)c1ccccn1. The van der Waals surface area contributed by atoms with Gasteiger partial charge in [-0.05, 0) is 44.0 Å². The zero-order valence-electron chi connectivity index (χ0n) is 13.1. The van der Waals surface area contributed by atoms with Gasteiger partial charge < -0.3 is 14.8 Å². The molecular formula is C17H22N4O. The van der Waals surface area contributed by atoms with Gasteiger partial charge in [-0.15, -0.1) is 0 Å². The van der Waals surface area contributed by atoms with E-state index in [1.807, 2.05) is 49.3 Å². The van der Waals surface area contributed by atoms with Gasteiger partial charge in [0, 0.05) is 31.7 Å². The molecule has 116 valence electrons. The van der Waals surface area contributed by atoms with Crippen molar-refractivity contribution >= 4 is 6.03 Å². The lowest BCUT2D eigenvalue weighted by molar-refractivity contribution is 0.188. The van der Waals surface area contributed by atoms with E-state index in [2.05, 4.69) is 20.9 Å². The number of hydrogen-bond donors (Lipinski definition) is 1. The Balaban J connectivity index is 1.70. The lowest BCUT2D eigenvalue weighted by atomic mass is 10.1. The van der Waals surface area contributed by atoms with Gasteiger partial charge in [0.1, 0.15) is 0 Å². The minimum Gasteiger partial charge on any atom is -0.353 e. The molecule has 0 saturated carbocycles. The topological polar surface area (TPSA) is 50.2 Å². The molecule has 1 aliphatic heterocycles. The van der Waals surface area contributed by atoms with Crippen LogP contribution in [-0.4, -0.2) is 27.0 Å². The summed E-state index contributed by atoms with van der Waals surface area (Å²) in [7, 11) is 2.03. The molecule has 1 fully saturated rings. The molecule has 0 radical (unpaired) electrons. The van der Waals surface area contributed by atoms with Crippen molar-refractivity contribution in [2.24, 2.45) is 7.05 Å². The maximum Gasteiger partial charge on any atom is 0.318 e. The first-order chi connectivity index (χ1) is 10.7. The Hall–Kier alpha value is -2.30. The normalized spacial score (nSPS) is 19.2. The molecule has 22 heavy (non-hydrogen) atoms. The van der Waals surface area contributed by atoms with Crippen LogP contribution in [-0.2, 0) is 7.05 Å². The van der Waals surface area contributed by atoms with E-state index in [0.717, 1.165) is 25.1 Å². The van der Waals surface area contributed by atoms with Crippen LogP contribution in [0.25, 0.3) is 0 Å². The number of carbonyl (C=O) groups is 1. The molecule has 5 nitrogen and oxygen atoms in total. The van der Waals surface area contributed by atoms with E-state index in [1.54, 1.807) is 6.20 Å². The first kappa shape index (κ1) is 14.6. The third-order valence-electron chi connectivity index (χ3n) is 4.31. The van der Waals surface area contributed by atoms with E-state index >= 15 is 0 Å². The van der Waals surface area contributed by atoms with Crippen molar-refractivity contribution in [1.82, 2.24) is 19.8 Å². The Kier molecular flexibility index (Phi) is 4.13. The average Bonchev–Trinajstić information content (AvgIpc) is 3.16. The maximum absolute atomic E-state index is 12.6. The number of aromatic nitrogens is 2. The Morgan fingerprint density at radius 1 is 1.36 bits per heavy atom. The molecule has 1 saturated heterocycles. The van der Waals surface area contributed by atoms with Crippen molar-refractivity contribution in [3.05, 3.63) is 54.1 Å². The second-order valence-corrected chi connectivity index (χ2v) is 5.82. The molecule has 0 bridgehead atoms. The monoisotopic (exact) mass is 298 g/mol. The number of hydrogen-bond acceptors (Lipinski definition) is 2. The first-order valence-electron chi connectivity index (χ1n) is 7.76. The molecule has 2 aromatic heterocycles. The summed E-state index contributed by atoms with van der Waals surface area (Å²) in [6.07, 6.45) is 5.84. The van der Waals surface area contributed by atoms with E-state index in [-0.39, 0.29) is 18.1 Å². The molecule has 5 heteroatoms. The lowest BCUT2D eigenvalue weighted by Gasteiger charge is -2.27. The summed E-state index contributed by atoms with van der Waals surface area (Å²) in [5, 5.41) is 3.06. The predicted octanol–water partition coefficient (Wildman–Crippen LogP) is 3.03. The molecule has 2 atom stereocenters. The summed E-state index contributed by atoms with van der Waals surface area (Å²) in [6.45, 7) is 2.77. The van der Waals surface area contributed by atoms with Crippen LogP contribution < -0.4 is 5.32 Å². The highest BCUT2D eigenvalue weighted by atomic mass is 16.2. The number of nitrogens with zero attached hydrogens (tertiary/aromatic N) is 3. The summed E-state index contributed by atoms with van der Waals surface area (Å²) in [4.78, 5) is 18.9. The van der Waals surface area contributed by atoms with Crippen LogP contribution in [0.4, 0.5) is 4.79 Å². The third kappa shape index (κ3) is 2.84. The van der Waals surface area contributed by atoms with Crippen LogP contribution in [0.2, 0.25) is 0 Å². The van der Waals surface area contributed by atoms with Crippen molar-refractivity contribution in [2.75, 3.05) is 6.54 Å². The Morgan fingerprint density at radius 2 is 2.23 bits per heavy atom. The Morgan fingerprint density at radius 3 is 2.91 bits per heavy atom. The van der Waals surface area contributed by atoms with Gasteiger partial charge in [0.15, 0.2) is 0 Å². The summed E-state index contributed by atoms with van der Waals surface area (Å²) >= 11 is 0. The van der Waals surface area contributed by atoms with Crippen LogP contribution in [0.1, 0.15) is 43.2 Å². The fourth-order valence-corrected chi connectivity index (χ4v) is 3.11. The quantitative estimate of drug-likeness (QED) is 0.947. The third-order valence-corrected chi connectivity index (χ3v) is 4.31. The molecule has 1 N–H and O–H groups in total. The first-order valence-corrected chi connectivity index (χ1v) is 7.76. The summed E-state index contributed by atoms with van der Waals surface area (Å²) in [5.41, 5.74) is 2.07. The van der Waals surface area contributed by atoms with Gasteiger partial charge >= 0.3 is 6.03 Å². The number of likely N-dealkylation sites (tertiary alicyclic amines) is 1. The second kappa shape index (κ2) is 6.22. The predicted molar refractivity (Wildman–Crippen MR) is 85.3 cm³/mol. The largest absolute Gasteiger partial charge is 0.353 e. The molecule has 2 amide bonds. The van der Waals surface area contributed by atoms with Gasteiger partial charge in [0.05, 0.1) is 17.8 Å². The van der Waals surface area contributed by atoms with Crippen molar-refractivity contribution < 1.29 is 4.79 Å². The molecule has 0 aliphatic carbocycles. The van der Waals surface area contributed by atoms with Gasteiger partial charge in [-0.1, -0.05) is 6.07 Å². The molecule has 0 unspecified atom stereocenters. The summed E-state index contributed by atoms with van der Waals surface area (Å²) in [5.74, 6) is 0. The number of rotatable bonds is 3. The van der Waals surface area contributed by atoms with E-state index < -0.39 is 0 Å². The number of amides is 2. The van der Waals surface area contributed by atoms with Crippen molar-refractivity contribution in [3.63, 3.8) is 0 Å². The minimum absolute atomic E-state index is 0.0122. The molecule has 0 aromatic carbocycles. The molecule has 0 spiro atoms. The molecule has 3 heterocycles. The van der Waals surface area contributed by atoms with Gasteiger partial charge in [-0.3, -0.25) is 4.98 Å². The fraction of sp³-hybridized carbons (Fsp3) is 0.412. The average molecular weight is 298 g/mol. The molecule has 2 aromatic rings. The van der Waals surface area contributed by atoms with Gasteiger partial charge in [-0.2, -0.15) is 0 Å². The molecule has 1 aliphatic rings. The van der Waals surface area contributed by atoms with E-state index in [0.29, 0.717) is 0 Å². The Labute approximate surface area is 131 Å². The van der Waals surface area contributed by atoms with Crippen LogP contribution in [0.15, 0.2) is 42.7 Å². The highest BCUT2D eigenvalue weighted by Gasteiger charge is 2.31.